The Labute approximate surface area is 185 Å². The molecule has 2 N–H and O–H groups in total. The fraction of sp³-hybridized carbons (Fsp3) is 0.0476. The molecule has 0 radical (unpaired) electrons. The minimum absolute atomic E-state index is 0.112. The van der Waals surface area contributed by atoms with E-state index in [-0.39, 0.29) is 18.4 Å². The van der Waals surface area contributed by atoms with Crippen LogP contribution in [0.25, 0.3) is 11.4 Å². The standard InChI is InChI=1S/C21H16BrN7O2/c22-16-9-10-18(23-12-16)25-21(31)15-7-4-8-17(11-15)24-19(30)13-29-27-20(26-28-29)14-5-2-1-3-6-14/h1-12H,13H2,(H,24,30)(H,23,25,31). The smallest absolute Gasteiger partial charge is 0.256 e. The minimum Gasteiger partial charge on any atom is -0.324 e. The van der Waals surface area contributed by atoms with Gasteiger partial charge >= 0.3 is 0 Å². The number of hydrogen-bond donors (Lipinski definition) is 2. The van der Waals surface area contributed by atoms with Crippen LogP contribution in [0.15, 0.2) is 77.4 Å². The molecule has 2 aromatic heterocycles. The second-order valence-electron chi connectivity index (χ2n) is 6.45. The number of nitrogens with one attached hydrogen (secondary N) is 2. The van der Waals surface area contributed by atoms with Gasteiger partial charge in [0, 0.05) is 27.5 Å². The minimum atomic E-state index is -0.343. The molecule has 10 heteroatoms. The van der Waals surface area contributed by atoms with Crippen molar-refractivity contribution in [2.24, 2.45) is 0 Å². The largest absolute Gasteiger partial charge is 0.324 e. The van der Waals surface area contributed by atoms with E-state index in [0.29, 0.717) is 22.9 Å². The van der Waals surface area contributed by atoms with Gasteiger partial charge < -0.3 is 10.6 Å². The van der Waals surface area contributed by atoms with E-state index in [0.717, 1.165) is 10.0 Å². The Balaban J connectivity index is 1.38. The zero-order chi connectivity index (χ0) is 21.6. The maximum Gasteiger partial charge on any atom is 0.256 e. The summed E-state index contributed by atoms with van der Waals surface area (Å²) in [6, 6.07) is 19.4. The highest BCUT2D eigenvalue weighted by atomic mass is 79.9. The summed E-state index contributed by atoms with van der Waals surface area (Å²) >= 11 is 3.30. The molecule has 0 saturated heterocycles. The van der Waals surface area contributed by atoms with Gasteiger partial charge in [0.1, 0.15) is 12.4 Å². The van der Waals surface area contributed by atoms with Crippen molar-refractivity contribution >= 4 is 39.2 Å². The average Bonchev–Trinajstić information content (AvgIpc) is 3.24. The molecular formula is C21H16BrN7O2. The molecule has 0 aliphatic carbocycles. The third-order valence-corrected chi connectivity index (χ3v) is 4.62. The van der Waals surface area contributed by atoms with Gasteiger partial charge in [-0.05, 0) is 51.5 Å². The number of tetrazole rings is 1. The van der Waals surface area contributed by atoms with E-state index in [9.17, 15) is 9.59 Å². The van der Waals surface area contributed by atoms with E-state index < -0.39 is 0 Å². The number of rotatable bonds is 6. The highest BCUT2D eigenvalue weighted by molar-refractivity contribution is 9.10. The lowest BCUT2D eigenvalue weighted by Gasteiger charge is -2.08. The predicted molar refractivity (Wildman–Crippen MR) is 118 cm³/mol. The van der Waals surface area contributed by atoms with Gasteiger partial charge in [0.05, 0.1) is 0 Å². The molecule has 9 nitrogen and oxygen atoms in total. The fourth-order valence-corrected chi connectivity index (χ4v) is 2.95. The number of hydrogen-bond acceptors (Lipinski definition) is 6. The van der Waals surface area contributed by atoms with Crippen LogP contribution in [0.1, 0.15) is 10.4 Å². The molecule has 0 aliphatic heterocycles. The first-order valence-electron chi connectivity index (χ1n) is 9.23. The van der Waals surface area contributed by atoms with E-state index in [1.807, 2.05) is 30.3 Å². The van der Waals surface area contributed by atoms with E-state index in [1.54, 1.807) is 42.6 Å². The number of nitrogens with zero attached hydrogens (tertiary/aromatic N) is 5. The molecule has 2 aromatic carbocycles. The van der Waals surface area contributed by atoms with Crippen molar-refractivity contribution in [1.82, 2.24) is 25.2 Å². The number of carbonyl (C=O) groups is 2. The van der Waals surface area contributed by atoms with E-state index in [2.05, 4.69) is 47.0 Å². The summed E-state index contributed by atoms with van der Waals surface area (Å²) in [4.78, 5) is 30.2. The van der Waals surface area contributed by atoms with Crippen LogP contribution in [0.2, 0.25) is 0 Å². The molecule has 154 valence electrons. The molecule has 0 fully saturated rings. The topological polar surface area (TPSA) is 115 Å². The Hall–Kier alpha value is -3.92. The van der Waals surface area contributed by atoms with Crippen LogP contribution >= 0.6 is 15.9 Å². The molecule has 2 heterocycles. The molecule has 2 amide bonds. The van der Waals surface area contributed by atoms with Gasteiger partial charge in [-0.25, -0.2) is 4.98 Å². The molecule has 4 rings (SSSR count). The Kier molecular flexibility index (Phi) is 6.08. The second-order valence-corrected chi connectivity index (χ2v) is 7.37. The monoisotopic (exact) mass is 477 g/mol. The van der Waals surface area contributed by atoms with Gasteiger partial charge in [-0.1, -0.05) is 36.4 Å². The summed E-state index contributed by atoms with van der Waals surface area (Å²) in [7, 11) is 0. The van der Waals surface area contributed by atoms with Crippen LogP contribution in [0.5, 0.6) is 0 Å². The van der Waals surface area contributed by atoms with E-state index >= 15 is 0 Å². The number of anilines is 2. The van der Waals surface area contributed by atoms with Crippen molar-refractivity contribution in [3.8, 4) is 11.4 Å². The third kappa shape index (κ3) is 5.37. The second kappa shape index (κ2) is 9.26. The van der Waals surface area contributed by atoms with Crippen molar-refractivity contribution in [3.05, 3.63) is 83.0 Å². The Morgan fingerprint density at radius 3 is 2.58 bits per heavy atom. The van der Waals surface area contributed by atoms with Crippen LogP contribution in [0.3, 0.4) is 0 Å². The van der Waals surface area contributed by atoms with Crippen LogP contribution in [-0.2, 0) is 11.3 Å². The van der Waals surface area contributed by atoms with Crippen molar-refractivity contribution in [2.45, 2.75) is 6.54 Å². The maximum atomic E-state index is 12.5. The Morgan fingerprint density at radius 1 is 0.968 bits per heavy atom. The van der Waals surface area contributed by atoms with Gasteiger partial charge in [-0.2, -0.15) is 4.80 Å². The van der Waals surface area contributed by atoms with Crippen molar-refractivity contribution < 1.29 is 9.59 Å². The Morgan fingerprint density at radius 2 is 1.81 bits per heavy atom. The first-order chi connectivity index (χ1) is 15.1. The average molecular weight is 478 g/mol. The first kappa shape index (κ1) is 20.4. The van der Waals surface area contributed by atoms with Crippen molar-refractivity contribution in [3.63, 3.8) is 0 Å². The number of pyridine rings is 1. The number of halogens is 1. The summed E-state index contributed by atoms with van der Waals surface area (Å²) in [5, 5.41) is 17.5. The molecule has 0 aliphatic rings. The molecule has 31 heavy (non-hydrogen) atoms. The predicted octanol–water partition coefficient (Wildman–Crippen LogP) is 3.39. The zero-order valence-electron chi connectivity index (χ0n) is 16.1. The van der Waals surface area contributed by atoms with Crippen LogP contribution in [0.4, 0.5) is 11.5 Å². The van der Waals surface area contributed by atoms with E-state index in [4.69, 9.17) is 0 Å². The first-order valence-corrected chi connectivity index (χ1v) is 10.0. The molecule has 4 aromatic rings. The summed E-state index contributed by atoms with van der Waals surface area (Å²) in [5.41, 5.74) is 1.67. The normalized spacial score (nSPS) is 10.5. The van der Waals surface area contributed by atoms with E-state index in [1.165, 1.54) is 4.80 Å². The number of carbonyl (C=O) groups excluding carboxylic acids is 2. The molecule has 0 atom stereocenters. The summed E-state index contributed by atoms with van der Waals surface area (Å²) in [6.45, 7) is -0.112. The Bertz CT molecular complexity index is 1210. The highest BCUT2D eigenvalue weighted by Crippen LogP contribution is 2.15. The lowest BCUT2D eigenvalue weighted by molar-refractivity contribution is -0.117. The number of amides is 2. The quantitative estimate of drug-likeness (QED) is 0.439. The van der Waals surface area contributed by atoms with Gasteiger partial charge in [0.25, 0.3) is 5.91 Å². The van der Waals surface area contributed by atoms with Gasteiger partial charge in [-0.15, -0.1) is 10.2 Å². The fourth-order valence-electron chi connectivity index (χ4n) is 2.72. The lowest BCUT2D eigenvalue weighted by Crippen LogP contribution is -2.21. The highest BCUT2D eigenvalue weighted by Gasteiger charge is 2.11. The van der Waals surface area contributed by atoms with Crippen molar-refractivity contribution in [2.75, 3.05) is 10.6 Å². The number of aromatic nitrogens is 5. The third-order valence-electron chi connectivity index (χ3n) is 4.15. The van der Waals surface area contributed by atoms with Crippen LogP contribution in [-0.4, -0.2) is 37.0 Å². The van der Waals surface area contributed by atoms with Gasteiger partial charge in [0.15, 0.2) is 0 Å². The molecule has 0 saturated carbocycles. The summed E-state index contributed by atoms with van der Waals surface area (Å²) < 4.78 is 0.813. The SMILES string of the molecule is O=C(Cn1nnc(-c2ccccc2)n1)Nc1cccc(C(=O)Nc2ccc(Br)cn2)c1. The maximum absolute atomic E-state index is 12.5. The molecular weight excluding hydrogens is 462 g/mol. The van der Waals surface area contributed by atoms with Gasteiger partial charge in [0.2, 0.25) is 11.7 Å². The lowest BCUT2D eigenvalue weighted by atomic mass is 10.2. The summed E-state index contributed by atoms with van der Waals surface area (Å²) in [6.07, 6.45) is 1.59. The molecule has 0 bridgehead atoms. The molecule has 0 spiro atoms. The summed E-state index contributed by atoms with van der Waals surface area (Å²) in [5.74, 6) is 0.184. The van der Waals surface area contributed by atoms with Crippen molar-refractivity contribution in [1.29, 1.82) is 0 Å². The van der Waals surface area contributed by atoms with Crippen LogP contribution < -0.4 is 10.6 Å². The zero-order valence-corrected chi connectivity index (χ0v) is 17.7. The number of benzene rings is 2. The molecule has 0 unspecified atom stereocenters. The van der Waals surface area contributed by atoms with Gasteiger partial charge in [-0.3, -0.25) is 9.59 Å². The van der Waals surface area contributed by atoms with Crippen LogP contribution in [0, 0.1) is 0 Å².